The SMILES string of the molecule is CCC(C)N(C(=O)CNC(=O)OC(C)(C)C)C(C(=O)Nc1c(C)cccc1C)c1ccc(C)cc1. The van der Waals surface area contributed by atoms with Gasteiger partial charge >= 0.3 is 6.09 Å². The van der Waals surface area contributed by atoms with Crippen molar-refractivity contribution in [3.63, 3.8) is 0 Å². The van der Waals surface area contributed by atoms with Gasteiger partial charge in [-0.05, 0) is 71.6 Å². The molecule has 0 aliphatic carbocycles. The molecule has 7 heteroatoms. The minimum Gasteiger partial charge on any atom is -0.444 e. The fraction of sp³-hybridized carbons (Fsp3) is 0.464. The summed E-state index contributed by atoms with van der Waals surface area (Å²) in [6.45, 7) is 14.7. The molecule has 35 heavy (non-hydrogen) atoms. The number of nitrogens with one attached hydrogen (secondary N) is 2. The third kappa shape index (κ3) is 7.84. The lowest BCUT2D eigenvalue weighted by atomic mass is 9.99. The second-order valence-electron chi connectivity index (χ2n) is 9.98. The Labute approximate surface area is 209 Å². The van der Waals surface area contributed by atoms with Gasteiger partial charge in [0.2, 0.25) is 5.91 Å². The minimum absolute atomic E-state index is 0.252. The van der Waals surface area contributed by atoms with E-state index in [9.17, 15) is 14.4 Å². The average Bonchev–Trinajstić information content (AvgIpc) is 2.77. The number of carbonyl (C=O) groups excluding carboxylic acids is 3. The molecule has 2 atom stereocenters. The summed E-state index contributed by atoms with van der Waals surface area (Å²) >= 11 is 0. The molecule has 0 saturated heterocycles. The molecule has 0 fully saturated rings. The number of ether oxygens (including phenoxy) is 1. The molecule has 2 unspecified atom stereocenters. The van der Waals surface area contributed by atoms with Crippen LogP contribution in [-0.2, 0) is 14.3 Å². The summed E-state index contributed by atoms with van der Waals surface area (Å²) < 4.78 is 5.27. The van der Waals surface area contributed by atoms with Crippen molar-refractivity contribution in [1.29, 1.82) is 0 Å². The van der Waals surface area contributed by atoms with E-state index in [-0.39, 0.29) is 24.4 Å². The molecule has 0 radical (unpaired) electrons. The van der Waals surface area contributed by atoms with Crippen LogP contribution in [0.25, 0.3) is 0 Å². The molecule has 0 spiro atoms. The van der Waals surface area contributed by atoms with Crippen molar-refractivity contribution in [2.45, 2.75) is 79.5 Å². The first-order chi connectivity index (χ1) is 16.3. The summed E-state index contributed by atoms with van der Waals surface area (Å²) in [4.78, 5) is 41.0. The Balaban J connectivity index is 2.42. The van der Waals surface area contributed by atoms with Crippen LogP contribution in [0, 0.1) is 20.8 Å². The largest absolute Gasteiger partial charge is 0.444 e. The first-order valence-electron chi connectivity index (χ1n) is 12.1. The zero-order valence-corrected chi connectivity index (χ0v) is 22.2. The lowest BCUT2D eigenvalue weighted by molar-refractivity contribution is -0.140. The number of carbonyl (C=O) groups is 3. The van der Waals surface area contributed by atoms with Gasteiger partial charge in [-0.25, -0.2) is 4.79 Å². The summed E-state index contributed by atoms with van der Waals surface area (Å²) in [5.41, 5.74) is 3.68. The molecule has 0 aliphatic rings. The highest BCUT2D eigenvalue weighted by atomic mass is 16.6. The van der Waals surface area contributed by atoms with Gasteiger partial charge in [0, 0.05) is 11.7 Å². The van der Waals surface area contributed by atoms with E-state index in [2.05, 4.69) is 10.6 Å². The van der Waals surface area contributed by atoms with Gasteiger partial charge in [-0.15, -0.1) is 0 Å². The molecule has 2 aromatic rings. The molecule has 7 nitrogen and oxygen atoms in total. The Hall–Kier alpha value is -3.35. The van der Waals surface area contributed by atoms with Gasteiger partial charge in [-0.1, -0.05) is 55.0 Å². The van der Waals surface area contributed by atoms with Crippen LogP contribution in [0.3, 0.4) is 0 Å². The van der Waals surface area contributed by atoms with Gasteiger partial charge in [-0.3, -0.25) is 9.59 Å². The second-order valence-corrected chi connectivity index (χ2v) is 9.98. The van der Waals surface area contributed by atoms with Crippen molar-refractivity contribution in [3.8, 4) is 0 Å². The zero-order chi connectivity index (χ0) is 26.3. The van der Waals surface area contributed by atoms with Gasteiger partial charge < -0.3 is 20.3 Å². The molecular weight excluding hydrogens is 442 g/mol. The van der Waals surface area contributed by atoms with Crippen LogP contribution in [0.15, 0.2) is 42.5 Å². The third-order valence-corrected chi connectivity index (χ3v) is 5.79. The van der Waals surface area contributed by atoms with Crippen molar-refractivity contribution >= 4 is 23.6 Å². The maximum Gasteiger partial charge on any atom is 0.408 e. The van der Waals surface area contributed by atoms with E-state index in [1.807, 2.05) is 77.1 Å². The number of hydrogen-bond acceptors (Lipinski definition) is 4. The van der Waals surface area contributed by atoms with Crippen molar-refractivity contribution in [1.82, 2.24) is 10.2 Å². The lowest BCUT2D eigenvalue weighted by Gasteiger charge is -2.36. The zero-order valence-electron chi connectivity index (χ0n) is 22.2. The van der Waals surface area contributed by atoms with Crippen molar-refractivity contribution in [2.75, 3.05) is 11.9 Å². The molecule has 2 aromatic carbocycles. The third-order valence-electron chi connectivity index (χ3n) is 5.79. The topological polar surface area (TPSA) is 87.7 Å². The maximum absolute atomic E-state index is 13.8. The van der Waals surface area contributed by atoms with Crippen molar-refractivity contribution in [3.05, 3.63) is 64.7 Å². The van der Waals surface area contributed by atoms with Gasteiger partial charge in [0.05, 0.1) is 0 Å². The molecule has 0 heterocycles. The monoisotopic (exact) mass is 481 g/mol. The van der Waals surface area contributed by atoms with Crippen molar-refractivity contribution in [2.24, 2.45) is 0 Å². The van der Waals surface area contributed by atoms with Gasteiger partial charge in [0.1, 0.15) is 18.2 Å². The molecule has 0 bridgehead atoms. The number of benzene rings is 2. The Kier molecular flexibility index (Phi) is 9.46. The Morgan fingerprint density at radius 2 is 1.54 bits per heavy atom. The Bertz CT molecular complexity index is 1020. The summed E-state index contributed by atoms with van der Waals surface area (Å²) in [6, 6.07) is 12.3. The number of rotatable bonds is 8. The van der Waals surface area contributed by atoms with Crippen molar-refractivity contribution < 1.29 is 19.1 Å². The van der Waals surface area contributed by atoms with Gasteiger partial charge in [0.15, 0.2) is 0 Å². The standard InChI is InChI=1S/C28H39N3O4/c1-9-21(5)31(23(32)17-29-27(34)35-28(6,7)8)25(22-15-13-18(2)14-16-22)26(33)30-24-19(3)11-10-12-20(24)4/h10-16,21,25H,9,17H2,1-8H3,(H,29,34)(H,30,33). The van der Waals surface area contributed by atoms with E-state index in [0.717, 1.165) is 22.4 Å². The number of aryl methyl sites for hydroxylation is 3. The second kappa shape index (κ2) is 11.9. The molecule has 0 aromatic heterocycles. The average molecular weight is 482 g/mol. The molecule has 0 aliphatic heterocycles. The normalized spacial score (nSPS) is 12.9. The van der Waals surface area contributed by atoms with Crippen LogP contribution in [0.4, 0.5) is 10.5 Å². The number of para-hydroxylation sites is 1. The molecular formula is C28H39N3O4. The van der Waals surface area contributed by atoms with Crippen LogP contribution in [-0.4, -0.2) is 41.0 Å². The predicted molar refractivity (Wildman–Crippen MR) is 139 cm³/mol. The van der Waals surface area contributed by atoms with Crippen LogP contribution in [0.1, 0.15) is 69.3 Å². The summed E-state index contributed by atoms with van der Waals surface area (Å²) in [6.07, 6.45) is -0.0427. The Morgan fingerprint density at radius 1 is 0.971 bits per heavy atom. The van der Waals surface area contributed by atoms with E-state index in [4.69, 9.17) is 4.74 Å². The highest BCUT2D eigenvalue weighted by molar-refractivity contribution is 5.99. The Morgan fingerprint density at radius 3 is 2.06 bits per heavy atom. The number of anilines is 1. The number of nitrogens with zero attached hydrogens (tertiary/aromatic N) is 1. The van der Waals surface area contributed by atoms with E-state index in [0.29, 0.717) is 12.0 Å². The quantitative estimate of drug-likeness (QED) is 0.525. The minimum atomic E-state index is -0.877. The maximum atomic E-state index is 13.8. The molecule has 0 saturated carbocycles. The lowest BCUT2D eigenvalue weighted by Crippen LogP contribution is -2.50. The number of amides is 3. The number of hydrogen-bond donors (Lipinski definition) is 2. The molecule has 190 valence electrons. The summed E-state index contributed by atoms with van der Waals surface area (Å²) in [5.74, 6) is -0.676. The molecule has 2 N–H and O–H groups in total. The fourth-order valence-electron chi connectivity index (χ4n) is 3.78. The number of alkyl carbamates (subject to hydrolysis) is 1. The smallest absolute Gasteiger partial charge is 0.408 e. The van der Waals surface area contributed by atoms with Gasteiger partial charge in [-0.2, -0.15) is 0 Å². The predicted octanol–water partition coefficient (Wildman–Crippen LogP) is 5.44. The van der Waals surface area contributed by atoms with Gasteiger partial charge in [0.25, 0.3) is 5.91 Å². The van der Waals surface area contributed by atoms with Crippen LogP contribution < -0.4 is 10.6 Å². The molecule has 2 rings (SSSR count). The van der Waals surface area contributed by atoms with Crippen LogP contribution >= 0.6 is 0 Å². The van der Waals surface area contributed by atoms with E-state index in [1.54, 1.807) is 25.7 Å². The molecule has 3 amide bonds. The van der Waals surface area contributed by atoms with E-state index in [1.165, 1.54) is 0 Å². The summed E-state index contributed by atoms with van der Waals surface area (Å²) in [7, 11) is 0. The van der Waals surface area contributed by atoms with Crippen LogP contribution in [0.2, 0.25) is 0 Å². The first kappa shape index (κ1) is 27.9. The first-order valence-corrected chi connectivity index (χ1v) is 12.1. The van der Waals surface area contributed by atoms with Crippen LogP contribution in [0.5, 0.6) is 0 Å². The van der Waals surface area contributed by atoms with E-state index < -0.39 is 17.7 Å². The highest BCUT2D eigenvalue weighted by Gasteiger charge is 2.35. The highest BCUT2D eigenvalue weighted by Crippen LogP contribution is 2.28. The summed E-state index contributed by atoms with van der Waals surface area (Å²) in [5, 5.41) is 5.59. The van der Waals surface area contributed by atoms with E-state index >= 15 is 0 Å². The fourth-order valence-corrected chi connectivity index (χ4v) is 3.78.